The lowest BCUT2D eigenvalue weighted by Gasteiger charge is -2.18. The Hall–Kier alpha value is -0.100. The molecule has 5 heteroatoms. The van der Waals surface area contributed by atoms with Gasteiger partial charge in [-0.05, 0) is 12.1 Å². The van der Waals surface area contributed by atoms with Gasteiger partial charge in [0.2, 0.25) is 0 Å². The largest absolute Gasteiger partial charge is 0.496 e. The van der Waals surface area contributed by atoms with Gasteiger partial charge >= 0.3 is 0 Å². The van der Waals surface area contributed by atoms with Crippen LogP contribution in [0.15, 0.2) is 22.7 Å². The van der Waals surface area contributed by atoms with Crippen LogP contribution < -0.4 is 4.74 Å². The van der Waals surface area contributed by atoms with Crippen LogP contribution in [0.3, 0.4) is 0 Å². The monoisotopic (exact) mass is 338 g/mol. The Morgan fingerprint density at radius 1 is 1.40 bits per heavy atom. The highest BCUT2D eigenvalue weighted by molar-refractivity contribution is 9.10. The van der Waals surface area contributed by atoms with E-state index in [1.54, 1.807) is 18.2 Å². The van der Waals surface area contributed by atoms with Crippen molar-refractivity contribution < 1.29 is 14.9 Å². The van der Waals surface area contributed by atoms with Crippen molar-refractivity contribution in [3.8, 4) is 5.75 Å². The maximum absolute atomic E-state index is 9.82. The normalized spacial score (nSPS) is 14.7. The molecule has 0 heterocycles. The first-order valence-electron chi connectivity index (χ1n) is 4.35. The van der Waals surface area contributed by atoms with Crippen LogP contribution in [-0.4, -0.2) is 28.8 Å². The van der Waals surface area contributed by atoms with E-state index in [0.717, 1.165) is 4.47 Å². The van der Waals surface area contributed by atoms with Crippen LogP contribution in [0.1, 0.15) is 11.7 Å². The molecular formula is C10H12Br2O3. The van der Waals surface area contributed by atoms with Gasteiger partial charge in [-0.1, -0.05) is 37.9 Å². The van der Waals surface area contributed by atoms with Gasteiger partial charge in [-0.3, -0.25) is 0 Å². The molecule has 0 radical (unpaired) electrons. The number of hydrogen-bond acceptors (Lipinski definition) is 3. The lowest BCUT2D eigenvalue weighted by molar-refractivity contribution is 0.0327. The number of ether oxygens (including phenoxy) is 1. The molecule has 3 nitrogen and oxygen atoms in total. The molecule has 0 amide bonds. The lowest BCUT2D eigenvalue weighted by atomic mass is 10.0. The number of aliphatic hydroxyl groups excluding tert-OH is 2. The first-order valence-corrected chi connectivity index (χ1v) is 6.27. The van der Waals surface area contributed by atoms with Gasteiger partial charge in [0.15, 0.2) is 0 Å². The van der Waals surface area contributed by atoms with Crippen molar-refractivity contribution >= 4 is 31.9 Å². The Bertz CT molecular complexity index is 330. The van der Waals surface area contributed by atoms with Gasteiger partial charge in [0.25, 0.3) is 0 Å². The molecule has 0 spiro atoms. The van der Waals surface area contributed by atoms with Crippen molar-refractivity contribution in [1.82, 2.24) is 0 Å². The van der Waals surface area contributed by atoms with Crippen molar-refractivity contribution in [2.45, 2.75) is 12.2 Å². The Morgan fingerprint density at radius 2 is 2.07 bits per heavy atom. The van der Waals surface area contributed by atoms with E-state index in [2.05, 4.69) is 31.9 Å². The molecule has 2 N–H and O–H groups in total. The molecule has 0 saturated carbocycles. The molecule has 2 unspecified atom stereocenters. The van der Waals surface area contributed by atoms with Gasteiger partial charge in [0.05, 0.1) is 13.2 Å². The topological polar surface area (TPSA) is 49.7 Å². The number of alkyl halides is 1. The molecule has 0 aliphatic heterocycles. The predicted molar refractivity (Wildman–Crippen MR) is 65.5 cm³/mol. The van der Waals surface area contributed by atoms with Crippen LogP contribution in [0.5, 0.6) is 5.75 Å². The van der Waals surface area contributed by atoms with Gasteiger partial charge < -0.3 is 14.9 Å². The van der Waals surface area contributed by atoms with Crippen LogP contribution in [0, 0.1) is 0 Å². The average Bonchev–Trinajstić information content (AvgIpc) is 2.26. The fraction of sp³-hybridized carbons (Fsp3) is 0.400. The highest BCUT2D eigenvalue weighted by atomic mass is 79.9. The van der Waals surface area contributed by atoms with E-state index in [4.69, 9.17) is 4.74 Å². The SMILES string of the molecule is COc1cc(Br)ccc1C(O)C(O)CBr. The third-order valence-corrected chi connectivity index (χ3v) is 3.19. The Kier molecular flexibility index (Phi) is 5.05. The molecule has 84 valence electrons. The fourth-order valence-electron chi connectivity index (χ4n) is 1.22. The standard InChI is InChI=1S/C10H12Br2O3/c1-15-9-4-6(12)2-3-7(9)10(14)8(13)5-11/h2-4,8,10,13-14H,5H2,1H3. The summed E-state index contributed by atoms with van der Waals surface area (Å²) in [5, 5.41) is 19.6. The van der Waals surface area contributed by atoms with Crippen LogP contribution in [0.2, 0.25) is 0 Å². The highest BCUT2D eigenvalue weighted by Gasteiger charge is 2.20. The van der Waals surface area contributed by atoms with E-state index in [1.807, 2.05) is 0 Å². The predicted octanol–water partition coefficient (Wildman–Crippen LogP) is 2.25. The van der Waals surface area contributed by atoms with Gasteiger partial charge in [-0.15, -0.1) is 0 Å². The van der Waals surface area contributed by atoms with Crippen LogP contribution >= 0.6 is 31.9 Å². The molecule has 15 heavy (non-hydrogen) atoms. The molecule has 1 aromatic rings. The third-order valence-electron chi connectivity index (χ3n) is 2.04. The summed E-state index contributed by atoms with van der Waals surface area (Å²) in [6.45, 7) is 0. The molecule has 0 bridgehead atoms. The molecular weight excluding hydrogens is 328 g/mol. The summed E-state index contributed by atoms with van der Waals surface area (Å²) in [4.78, 5) is 0. The second kappa shape index (κ2) is 5.84. The fourth-order valence-corrected chi connectivity index (χ4v) is 1.92. The van der Waals surface area contributed by atoms with Crippen molar-refractivity contribution in [1.29, 1.82) is 0 Å². The zero-order valence-electron chi connectivity index (χ0n) is 8.15. The second-order valence-electron chi connectivity index (χ2n) is 3.05. The van der Waals surface area contributed by atoms with Crippen molar-refractivity contribution in [3.05, 3.63) is 28.2 Å². The summed E-state index contributed by atoms with van der Waals surface area (Å²) in [6.07, 6.45) is -1.80. The maximum atomic E-state index is 9.82. The average molecular weight is 340 g/mol. The van der Waals surface area contributed by atoms with Crippen LogP contribution in [0.4, 0.5) is 0 Å². The molecule has 1 rings (SSSR count). The maximum Gasteiger partial charge on any atom is 0.125 e. The number of halogens is 2. The molecule has 0 aliphatic rings. The molecule has 0 saturated heterocycles. The zero-order valence-corrected chi connectivity index (χ0v) is 11.3. The van der Waals surface area contributed by atoms with Crippen LogP contribution in [0.25, 0.3) is 0 Å². The zero-order chi connectivity index (χ0) is 11.4. The van der Waals surface area contributed by atoms with Crippen LogP contribution in [-0.2, 0) is 0 Å². The van der Waals surface area contributed by atoms with E-state index in [-0.39, 0.29) is 0 Å². The lowest BCUT2D eigenvalue weighted by Crippen LogP contribution is -2.20. The number of aliphatic hydroxyl groups is 2. The van der Waals surface area contributed by atoms with Gasteiger partial charge in [-0.2, -0.15) is 0 Å². The molecule has 0 aromatic heterocycles. The minimum Gasteiger partial charge on any atom is -0.496 e. The number of rotatable bonds is 4. The third kappa shape index (κ3) is 3.17. The first-order chi connectivity index (χ1) is 7.10. The molecule has 1 aromatic carbocycles. The minimum atomic E-state index is -0.951. The Morgan fingerprint density at radius 3 is 2.60 bits per heavy atom. The van der Waals surface area contributed by atoms with E-state index >= 15 is 0 Å². The minimum absolute atomic E-state index is 0.313. The summed E-state index contributed by atoms with van der Waals surface area (Å²) in [7, 11) is 1.53. The number of methoxy groups -OCH3 is 1. The van der Waals surface area contributed by atoms with E-state index in [0.29, 0.717) is 16.6 Å². The highest BCUT2D eigenvalue weighted by Crippen LogP contribution is 2.30. The van der Waals surface area contributed by atoms with Gasteiger partial charge in [0, 0.05) is 15.4 Å². The number of hydrogen-bond donors (Lipinski definition) is 2. The summed E-state index contributed by atoms with van der Waals surface area (Å²) in [6, 6.07) is 5.26. The summed E-state index contributed by atoms with van der Waals surface area (Å²) < 4.78 is 5.99. The summed E-state index contributed by atoms with van der Waals surface area (Å²) >= 11 is 6.42. The van der Waals surface area contributed by atoms with Gasteiger partial charge in [-0.25, -0.2) is 0 Å². The first kappa shape index (κ1) is 13.0. The molecule has 0 aliphatic carbocycles. The smallest absolute Gasteiger partial charge is 0.125 e. The number of benzene rings is 1. The van der Waals surface area contributed by atoms with E-state index in [1.165, 1.54) is 7.11 Å². The van der Waals surface area contributed by atoms with E-state index in [9.17, 15) is 10.2 Å². The quantitative estimate of drug-likeness (QED) is 0.827. The van der Waals surface area contributed by atoms with Crippen molar-refractivity contribution in [2.24, 2.45) is 0 Å². The Balaban J connectivity index is 3.02. The Labute approximate surface area is 105 Å². The molecule has 2 atom stereocenters. The molecule has 0 fully saturated rings. The van der Waals surface area contributed by atoms with Gasteiger partial charge in [0.1, 0.15) is 11.9 Å². The van der Waals surface area contributed by atoms with Crippen molar-refractivity contribution in [3.63, 3.8) is 0 Å². The van der Waals surface area contributed by atoms with Crippen molar-refractivity contribution in [2.75, 3.05) is 12.4 Å². The second-order valence-corrected chi connectivity index (χ2v) is 4.62. The summed E-state index contributed by atoms with van der Waals surface area (Å²) in [5.74, 6) is 0.553. The van der Waals surface area contributed by atoms with E-state index < -0.39 is 12.2 Å². The summed E-state index contributed by atoms with van der Waals surface area (Å²) in [5.41, 5.74) is 0.577.